The van der Waals surface area contributed by atoms with E-state index < -0.39 is 0 Å². The molecule has 0 saturated heterocycles. The summed E-state index contributed by atoms with van der Waals surface area (Å²) < 4.78 is 9.37. The van der Waals surface area contributed by atoms with E-state index in [1.165, 1.54) is 71.2 Å². The van der Waals surface area contributed by atoms with Crippen molar-refractivity contribution in [3.05, 3.63) is 188 Å². The van der Waals surface area contributed by atoms with Crippen LogP contribution in [0.1, 0.15) is 0 Å². The molecule has 0 aliphatic carbocycles. The van der Waals surface area contributed by atoms with E-state index in [0.717, 1.165) is 33.2 Å². The van der Waals surface area contributed by atoms with E-state index in [9.17, 15) is 0 Å². The van der Waals surface area contributed by atoms with Gasteiger partial charge in [0.2, 0.25) is 0 Å². The Bertz CT molecular complexity index is 3160. The first-order valence-electron chi connectivity index (χ1n) is 17.9. The molecule has 0 N–H and O–H groups in total. The van der Waals surface area contributed by atoms with Crippen LogP contribution >= 0.6 is 0 Å². The van der Waals surface area contributed by atoms with Crippen LogP contribution in [0.2, 0.25) is 0 Å². The first-order chi connectivity index (χ1) is 25.8. The molecule has 2 nitrogen and oxygen atoms in total. The Morgan fingerprint density at radius 3 is 1.81 bits per heavy atom. The Hall–Kier alpha value is -6.90. The normalized spacial score (nSPS) is 11.8. The molecular weight excluding hydrogens is 631 g/mol. The maximum atomic E-state index is 6.99. The topological polar surface area (TPSA) is 18.1 Å². The molecule has 0 spiro atoms. The summed E-state index contributed by atoms with van der Waals surface area (Å²) in [6, 6.07) is 67.8. The predicted molar refractivity (Wildman–Crippen MR) is 219 cm³/mol. The van der Waals surface area contributed by atoms with E-state index in [0.29, 0.717) is 0 Å². The van der Waals surface area contributed by atoms with Crippen LogP contribution in [0.15, 0.2) is 192 Å². The molecule has 0 atom stereocenters. The fourth-order valence-electron chi connectivity index (χ4n) is 8.49. The average Bonchev–Trinajstić information content (AvgIpc) is 3.76. The van der Waals surface area contributed by atoms with Crippen molar-refractivity contribution in [3.63, 3.8) is 0 Å². The Morgan fingerprint density at radius 1 is 0.365 bits per heavy atom. The second-order valence-corrected chi connectivity index (χ2v) is 13.6. The summed E-state index contributed by atoms with van der Waals surface area (Å²) in [5.74, 6) is 0. The van der Waals surface area contributed by atoms with Crippen LogP contribution in [0, 0.1) is 0 Å². The summed E-state index contributed by atoms with van der Waals surface area (Å²) in [5.41, 5.74) is 12.4. The maximum Gasteiger partial charge on any atom is 0.144 e. The molecule has 0 aliphatic heterocycles. The van der Waals surface area contributed by atoms with Gasteiger partial charge in [-0.25, -0.2) is 0 Å². The zero-order chi connectivity index (χ0) is 34.2. The van der Waals surface area contributed by atoms with E-state index in [2.05, 4.69) is 193 Å². The molecule has 52 heavy (non-hydrogen) atoms. The minimum absolute atomic E-state index is 0.891. The third-order valence-corrected chi connectivity index (χ3v) is 10.8. The van der Waals surface area contributed by atoms with E-state index in [4.69, 9.17) is 4.42 Å². The fourth-order valence-corrected chi connectivity index (χ4v) is 8.49. The van der Waals surface area contributed by atoms with Gasteiger partial charge in [0.15, 0.2) is 0 Å². The van der Waals surface area contributed by atoms with Gasteiger partial charge in [-0.05, 0) is 80.2 Å². The minimum atomic E-state index is 0.891. The maximum absolute atomic E-state index is 6.99. The number of hydrogen-bond donors (Lipinski definition) is 0. The van der Waals surface area contributed by atoms with E-state index in [1.807, 2.05) is 0 Å². The zero-order valence-electron chi connectivity index (χ0n) is 28.3. The minimum Gasteiger partial charge on any atom is -0.455 e. The van der Waals surface area contributed by atoms with Gasteiger partial charge in [0, 0.05) is 38.4 Å². The standard InChI is InChI=1S/C50H31NO/c1-2-15-37(16-3-1)51-43-22-10-8-19-40(43)47-42(21-12-23-44(47)51)48-39-18-7-6-17-38(39)46(49-41-20-9-11-24-45(41)52-50(48)49)34-28-25-33(26-29-34)36-30-27-32-13-4-5-14-35(32)31-36/h1-31H. The van der Waals surface area contributed by atoms with Gasteiger partial charge >= 0.3 is 0 Å². The third-order valence-electron chi connectivity index (χ3n) is 10.8. The van der Waals surface area contributed by atoms with Gasteiger partial charge in [-0.3, -0.25) is 0 Å². The summed E-state index contributed by atoms with van der Waals surface area (Å²) in [5, 5.41) is 9.59. The zero-order valence-corrected chi connectivity index (χ0v) is 28.3. The van der Waals surface area contributed by atoms with Crippen LogP contribution in [0.3, 0.4) is 0 Å². The van der Waals surface area contributed by atoms with Crippen molar-refractivity contribution in [2.24, 2.45) is 0 Å². The molecule has 11 rings (SSSR count). The number of hydrogen-bond acceptors (Lipinski definition) is 1. The first kappa shape index (κ1) is 28.9. The lowest BCUT2D eigenvalue weighted by Gasteiger charge is -2.16. The highest BCUT2D eigenvalue weighted by molar-refractivity contribution is 6.29. The quantitative estimate of drug-likeness (QED) is 0.184. The molecule has 0 aliphatic rings. The smallest absolute Gasteiger partial charge is 0.144 e. The van der Waals surface area contributed by atoms with Gasteiger partial charge in [-0.15, -0.1) is 0 Å². The second-order valence-electron chi connectivity index (χ2n) is 13.6. The molecule has 0 fully saturated rings. The molecular formula is C50H31NO. The molecule has 242 valence electrons. The molecule has 2 heteroatoms. The van der Waals surface area contributed by atoms with E-state index >= 15 is 0 Å². The highest BCUT2D eigenvalue weighted by Gasteiger charge is 2.25. The molecule has 0 unspecified atom stereocenters. The highest BCUT2D eigenvalue weighted by Crippen LogP contribution is 2.50. The van der Waals surface area contributed by atoms with Gasteiger partial charge in [-0.1, -0.05) is 152 Å². The summed E-state index contributed by atoms with van der Waals surface area (Å²) in [7, 11) is 0. The molecule has 9 aromatic carbocycles. The van der Waals surface area contributed by atoms with Crippen molar-refractivity contribution in [2.75, 3.05) is 0 Å². The monoisotopic (exact) mass is 661 g/mol. The van der Waals surface area contributed by atoms with Crippen molar-refractivity contribution >= 4 is 65.3 Å². The molecule has 0 amide bonds. The average molecular weight is 662 g/mol. The number of furan rings is 1. The van der Waals surface area contributed by atoms with Gasteiger partial charge in [-0.2, -0.15) is 0 Å². The van der Waals surface area contributed by atoms with Gasteiger partial charge in [0.25, 0.3) is 0 Å². The molecule has 0 bridgehead atoms. The van der Waals surface area contributed by atoms with Crippen LogP contribution in [-0.2, 0) is 0 Å². The molecule has 0 saturated carbocycles. The lowest BCUT2D eigenvalue weighted by molar-refractivity contribution is 0.670. The van der Waals surface area contributed by atoms with Gasteiger partial charge in [0.1, 0.15) is 11.2 Å². The van der Waals surface area contributed by atoms with Crippen LogP contribution in [0.4, 0.5) is 0 Å². The van der Waals surface area contributed by atoms with E-state index in [1.54, 1.807) is 0 Å². The molecule has 0 radical (unpaired) electrons. The summed E-state index contributed by atoms with van der Waals surface area (Å²) >= 11 is 0. The summed E-state index contributed by atoms with van der Waals surface area (Å²) in [6.07, 6.45) is 0. The number of aromatic nitrogens is 1. The van der Waals surface area contributed by atoms with E-state index in [-0.39, 0.29) is 0 Å². The molecule has 2 aromatic heterocycles. The predicted octanol–water partition coefficient (Wildman–Crippen LogP) is 14.0. The lowest BCUT2D eigenvalue weighted by Crippen LogP contribution is -1.93. The Labute approximate surface area is 300 Å². The van der Waals surface area contributed by atoms with Crippen LogP contribution in [0.5, 0.6) is 0 Å². The highest BCUT2D eigenvalue weighted by atomic mass is 16.3. The Kier molecular flexibility index (Phi) is 6.28. The largest absolute Gasteiger partial charge is 0.455 e. The molecule has 11 aromatic rings. The number of nitrogens with zero attached hydrogens (tertiary/aromatic N) is 1. The first-order valence-corrected chi connectivity index (χ1v) is 17.9. The number of para-hydroxylation sites is 3. The summed E-state index contributed by atoms with van der Waals surface area (Å²) in [6.45, 7) is 0. The van der Waals surface area contributed by atoms with Crippen molar-refractivity contribution in [3.8, 4) is 39.1 Å². The SMILES string of the molecule is c1ccc(-n2c3ccccc3c3c(-c4c5ccccc5c(-c5ccc(-c6ccc7ccccc7c6)cc5)c5c4oc4ccccc45)cccc32)cc1. The third kappa shape index (κ3) is 4.25. The Morgan fingerprint density at radius 2 is 0.981 bits per heavy atom. The van der Waals surface area contributed by atoms with Crippen molar-refractivity contribution in [2.45, 2.75) is 0 Å². The number of rotatable bonds is 4. The number of fused-ring (bicyclic) bond motifs is 8. The fraction of sp³-hybridized carbons (Fsp3) is 0. The molecule has 2 heterocycles. The lowest BCUT2D eigenvalue weighted by atomic mass is 9.86. The number of benzene rings is 9. The van der Waals surface area contributed by atoms with Gasteiger partial charge in [0.05, 0.1) is 11.0 Å². The van der Waals surface area contributed by atoms with Gasteiger partial charge < -0.3 is 8.98 Å². The second kappa shape index (κ2) is 11.3. The van der Waals surface area contributed by atoms with Crippen LogP contribution in [-0.4, -0.2) is 4.57 Å². The summed E-state index contributed by atoms with van der Waals surface area (Å²) in [4.78, 5) is 0. The Balaban J connectivity index is 1.21. The van der Waals surface area contributed by atoms with Crippen molar-refractivity contribution < 1.29 is 4.42 Å². The van der Waals surface area contributed by atoms with Crippen molar-refractivity contribution in [1.82, 2.24) is 4.57 Å². The van der Waals surface area contributed by atoms with Crippen molar-refractivity contribution in [1.29, 1.82) is 0 Å². The van der Waals surface area contributed by atoms with Crippen LogP contribution < -0.4 is 0 Å². The van der Waals surface area contributed by atoms with Crippen LogP contribution in [0.25, 0.3) is 104 Å².